The molecule has 0 spiro atoms. The van der Waals surface area contributed by atoms with Gasteiger partial charge in [-0.05, 0) is 31.9 Å². The van der Waals surface area contributed by atoms with Crippen LogP contribution in [-0.4, -0.2) is 47.4 Å². The largest absolute Gasteiger partial charge is 0.466 e. The second-order valence-corrected chi connectivity index (χ2v) is 6.20. The SMILES string of the molecule is CCOC(=O)C1CCCN(C(=O)c2coc(NC(=O)c3ccccc3)n2)C1. The predicted molar refractivity (Wildman–Crippen MR) is 96.2 cm³/mol. The molecule has 2 aromatic rings. The monoisotopic (exact) mass is 371 g/mol. The van der Waals surface area contributed by atoms with Crippen LogP contribution in [-0.2, 0) is 9.53 Å². The lowest BCUT2D eigenvalue weighted by molar-refractivity contribution is -0.149. The first-order valence-corrected chi connectivity index (χ1v) is 8.86. The van der Waals surface area contributed by atoms with Crippen molar-refractivity contribution in [2.75, 3.05) is 25.0 Å². The van der Waals surface area contributed by atoms with Gasteiger partial charge >= 0.3 is 12.0 Å². The summed E-state index contributed by atoms with van der Waals surface area (Å²) in [5.74, 6) is -1.33. The highest BCUT2D eigenvalue weighted by atomic mass is 16.5. The Hall–Kier alpha value is -3.16. The normalized spacial score (nSPS) is 16.6. The Labute approximate surface area is 156 Å². The Bertz CT molecular complexity index is 818. The third-order valence-corrected chi connectivity index (χ3v) is 4.31. The number of anilines is 1. The first-order chi connectivity index (χ1) is 13.1. The minimum Gasteiger partial charge on any atom is -0.466 e. The maximum absolute atomic E-state index is 12.6. The van der Waals surface area contributed by atoms with Crippen molar-refractivity contribution in [2.45, 2.75) is 19.8 Å². The predicted octanol–water partition coefficient (Wildman–Crippen LogP) is 2.34. The minimum atomic E-state index is -0.378. The van der Waals surface area contributed by atoms with E-state index in [1.807, 2.05) is 0 Å². The Morgan fingerprint density at radius 2 is 2.07 bits per heavy atom. The van der Waals surface area contributed by atoms with E-state index in [0.29, 0.717) is 31.6 Å². The highest BCUT2D eigenvalue weighted by molar-refractivity contribution is 6.03. The van der Waals surface area contributed by atoms with Crippen molar-refractivity contribution in [3.63, 3.8) is 0 Å². The number of likely N-dealkylation sites (tertiary alicyclic amines) is 1. The third kappa shape index (κ3) is 4.52. The molecule has 0 bridgehead atoms. The molecule has 1 unspecified atom stereocenters. The lowest BCUT2D eigenvalue weighted by atomic mass is 9.98. The Morgan fingerprint density at radius 3 is 2.81 bits per heavy atom. The second kappa shape index (κ2) is 8.48. The number of nitrogens with one attached hydrogen (secondary N) is 1. The topological polar surface area (TPSA) is 102 Å². The van der Waals surface area contributed by atoms with Crippen molar-refractivity contribution in [1.82, 2.24) is 9.88 Å². The van der Waals surface area contributed by atoms with Crippen LogP contribution in [0.15, 0.2) is 41.0 Å². The van der Waals surface area contributed by atoms with Gasteiger partial charge < -0.3 is 14.1 Å². The summed E-state index contributed by atoms with van der Waals surface area (Å²) in [6, 6.07) is 8.57. The zero-order chi connectivity index (χ0) is 19.2. The number of amides is 2. The standard InChI is InChI=1S/C19H21N3O5/c1-2-26-18(25)14-9-6-10-22(11-14)17(24)15-12-27-19(20-15)21-16(23)13-7-4-3-5-8-13/h3-5,7-8,12,14H,2,6,9-11H2,1H3,(H,20,21,23). The van der Waals surface area contributed by atoms with Crippen LogP contribution in [0.3, 0.4) is 0 Å². The van der Waals surface area contributed by atoms with Gasteiger partial charge in [-0.25, -0.2) is 0 Å². The Balaban J connectivity index is 1.62. The number of benzene rings is 1. The van der Waals surface area contributed by atoms with E-state index >= 15 is 0 Å². The van der Waals surface area contributed by atoms with Crippen molar-refractivity contribution in [1.29, 1.82) is 0 Å². The molecular formula is C19H21N3O5. The number of nitrogens with zero attached hydrogens (tertiary/aromatic N) is 2. The molecule has 8 heteroatoms. The van der Waals surface area contributed by atoms with E-state index in [9.17, 15) is 14.4 Å². The van der Waals surface area contributed by atoms with Crippen LogP contribution in [0.5, 0.6) is 0 Å². The van der Waals surface area contributed by atoms with Gasteiger partial charge in [0.05, 0.1) is 12.5 Å². The van der Waals surface area contributed by atoms with Crippen molar-refractivity contribution in [2.24, 2.45) is 5.92 Å². The molecule has 1 atom stereocenters. The van der Waals surface area contributed by atoms with Gasteiger partial charge in [0, 0.05) is 18.7 Å². The fourth-order valence-electron chi connectivity index (χ4n) is 2.96. The summed E-state index contributed by atoms with van der Waals surface area (Å²) >= 11 is 0. The van der Waals surface area contributed by atoms with Gasteiger partial charge in [-0.3, -0.25) is 19.7 Å². The fourth-order valence-corrected chi connectivity index (χ4v) is 2.96. The molecule has 1 N–H and O–H groups in total. The van der Waals surface area contributed by atoms with Crippen LogP contribution in [0, 0.1) is 5.92 Å². The summed E-state index contributed by atoms with van der Waals surface area (Å²) in [6.07, 6.45) is 2.61. The summed E-state index contributed by atoms with van der Waals surface area (Å²) in [7, 11) is 0. The van der Waals surface area contributed by atoms with Crippen LogP contribution in [0.25, 0.3) is 0 Å². The van der Waals surface area contributed by atoms with E-state index in [-0.39, 0.29) is 42.0 Å². The molecule has 1 aliphatic rings. The molecule has 142 valence electrons. The maximum Gasteiger partial charge on any atom is 0.310 e. The first-order valence-electron chi connectivity index (χ1n) is 8.86. The molecule has 3 rings (SSSR count). The van der Waals surface area contributed by atoms with Crippen molar-refractivity contribution in [3.8, 4) is 0 Å². The highest BCUT2D eigenvalue weighted by Crippen LogP contribution is 2.20. The summed E-state index contributed by atoms with van der Waals surface area (Å²) in [5, 5.41) is 2.52. The van der Waals surface area contributed by atoms with Crippen LogP contribution in [0.1, 0.15) is 40.6 Å². The van der Waals surface area contributed by atoms with Gasteiger partial charge in [-0.1, -0.05) is 18.2 Å². The summed E-state index contributed by atoms with van der Waals surface area (Å²) < 4.78 is 10.2. The molecule has 1 saturated heterocycles. The zero-order valence-electron chi connectivity index (χ0n) is 15.0. The van der Waals surface area contributed by atoms with Gasteiger partial charge in [0.2, 0.25) is 0 Å². The number of oxazole rings is 1. The molecule has 1 aromatic carbocycles. The number of aromatic nitrogens is 1. The maximum atomic E-state index is 12.6. The van der Waals surface area contributed by atoms with Gasteiger partial charge in [0.1, 0.15) is 6.26 Å². The smallest absolute Gasteiger partial charge is 0.310 e. The van der Waals surface area contributed by atoms with Gasteiger partial charge in [-0.2, -0.15) is 4.98 Å². The van der Waals surface area contributed by atoms with Gasteiger partial charge in [0.15, 0.2) is 5.69 Å². The fraction of sp³-hybridized carbons (Fsp3) is 0.368. The zero-order valence-corrected chi connectivity index (χ0v) is 15.0. The van der Waals surface area contributed by atoms with E-state index in [4.69, 9.17) is 9.15 Å². The Kier molecular flexibility index (Phi) is 5.85. The number of carbonyl (C=O) groups is 3. The molecule has 2 heterocycles. The lowest BCUT2D eigenvalue weighted by Gasteiger charge is -2.30. The summed E-state index contributed by atoms with van der Waals surface area (Å²) in [4.78, 5) is 42.3. The number of carbonyl (C=O) groups excluding carboxylic acids is 3. The highest BCUT2D eigenvalue weighted by Gasteiger charge is 2.31. The van der Waals surface area contributed by atoms with E-state index in [2.05, 4.69) is 10.3 Å². The first kappa shape index (κ1) is 18.6. The molecule has 1 aromatic heterocycles. The molecule has 2 amide bonds. The molecular weight excluding hydrogens is 350 g/mol. The average molecular weight is 371 g/mol. The quantitative estimate of drug-likeness (QED) is 0.810. The van der Waals surface area contributed by atoms with Crippen LogP contribution >= 0.6 is 0 Å². The summed E-state index contributed by atoms with van der Waals surface area (Å²) in [6.45, 7) is 2.89. The van der Waals surface area contributed by atoms with Crippen molar-refractivity contribution >= 4 is 23.8 Å². The molecule has 0 saturated carbocycles. The second-order valence-electron chi connectivity index (χ2n) is 6.20. The third-order valence-electron chi connectivity index (χ3n) is 4.31. The number of esters is 1. The van der Waals surface area contributed by atoms with Gasteiger partial charge in [0.25, 0.3) is 11.8 Å². The van der Waals surface area contributed by atoms with Gasteiger partial charge in [-0.15, -0.1) is 0 Å². The van der Waals surface area contributed by atoms with E-state index in [1.165, 1.54) is 6.26 Å². The number of ether oxygens (including phenoxy) is 1. The van der Waals surface area contributed by atoms with Crippen molar-refractivity contribution in [3.05, 3.63) is 47.9 Å². The number of rotatable bonds is 5. The molecule has 8 nitrogen and oxygen atoms in total. The Morgan fingerprint density at radius 1 is 1.30 bits per heavy atom. The van der Waals surface area contributed by atoms with E-state index in [0.717, 1.165) is 0 Å². The molecule has 1 fully saturated rings. The molecule has 27 heavy (non-hydrogen) atoms. The molecule has 0 aliphatic carbocycles. The van der Waals surface area contributed by atoms with E-state index < -0.39 is 0 Å². The average Bonchev–Trinajstić information content (AvgIpc) is 3.16. The summed E-state index contributed by atoms with van der Waals surface area (Å²) in [5.41, 5.74) is 0.541. The number of piperidine rings is 1. The van der Waals surface area contributed by atoms with Crippen molar-refractivity contribution < 1.29 is 23.5 Å². The number of hydrogen-bond acceptors (Lipinski definition) is 6. The van der Waals surface area contributed by atoms with E-state index in [1.54, 1.807) is 42.2 Å². The molecule has 0 radical (unpaired) electrons. The molecule has 1 aliphatic heterocycles. The number of hydrogen-bond donors (Lipinski definition) is 1. The minimum absolute atomic E-state index is 0.0499. The lowest BCUT2D eigenvalue weighted by Crippen LogP contribution is -2.43. The van der Waals surface area contributed by atoms with Crippen LogP contribution in [0.4, 0.5) is 6.01 Å². The van der Waals surface area contributed by atoms with Crippen LogP contribution < -0.4 is 5.32 Å². The van der Waals surface area contributed by atoms with Crippen LogP contribution in [0.2, 0.25) is 0 Å².